The molecule has 0 saturated carbocycles. The summed E-state index contributed by atoms with van der Waals surface area (Å²) < 4.78 is 0. The molecule has 0 atom stereocenters. The molecule has 0 aliphatic rings. The standard InChI is InChI=1S/C12H10Cl2Si/c13-15(14)9-8-11-6-3-5-10-4-1-2-7-12(10)11/h1-9,15H. The molecule has 3 heteroatoms. The zero-order valence-electron chi connectivity index (χ0n) is 8.03. The Kier molecular flexibility index (Phi) is 3.47. The average molecular weight is 253 g/mol. The van der Waals surface area contributed by atoms with Gasteiger partial charge in [-0.15, -0.1) is 22.2 Å². The number of fused-ring (bicyclic) bond motifs is 1. The van der Waals surface area contributed by atoms with Crippen LogP contribution in [0.25, 0.3) is 16.8 Å². The fourth-order valence-corrected chi connectivity index (χ4v) is 2.36. The molecule has 0 bridgehead atoms. The van der Waals surface area contributed by atoms with Crippen molar-refractivity contribution in [1.29, 1.82) is 0 Å². The van der Waals surface area contributed by atoms with Crippen LogP contribution in [0.15, 0.2) is 48.2 Å². The Balaban J connectivity index is 2.51. The molecule has 0 aliphatic carbocycles. The lowest BCUT2D eigenvalue weighted by Gasteiger charge is -2.01. The molecule has 15 heavy (non-hydrogen) atoms. The van der Waals surface area contributed by atoms with Crippen LogP contribution in [0.5, 0.6) is 0 Å². The van der Waals surface area contributed by atoms with Crippen LogP contribution in [-0.4, -0.2) is 7.42 Å². The van der Waals surface area contributed by atoms with Gasteiger partial charge in [-0.25, -0.2) is 0 Å². The maximum absolute atomic E-state index is 5.80. The van der Waals surface area contributed by atoms with Gasteiger partial charge < -0.3 is 0 Å². The minimum atomic E-state index is -1.66. The molecule has 0 aromatic heterocycles. The van der Waals surface area contributed by atoms with Crippen LogP contribution < -0.4 is 0 Å². The second-order valence-corrected chi connectivity index (χ2v) is 7.81. The molecule has 0 heterocycles. The van der Waals surface area contributed by atoms with Crippen LogP contribution in [0.3, 0.4) is 0 Å². The first kappa shape index (κ1) is 10.7. The first-order valence-corrected chi connectivity index (χ1v) is 8.87. The quantitative estimate of drug-likeness (QED) is 0.558. The van der Waals surface area contributed by atoms with Crippen LogP contribution in [0.2, 0.25) is 0 Å². The predicted octanol–water partition coefficient (Wildman–Crippen LogP) is 4.09. The number of hydrogen-bond donors (Lipinski definition) is 0. The lowest BCUT2D eigenvalue weighted by molar-refractivity contribution is 1.71. The summed E-state index contributed by atoms with van der Waals surface area (Å²) >= 11 is 11.6. The Bertz CT molecular complexity index is 486. The fourth-order valence-electron chi connectivity index (χ4n) is 1.57. The zero-order chi connectivity index (χ0) is 10.7. The van der Waals surface area contributed by atoms with Gasteiger partial charge in [0.1, 0.15) is 0 Å². The van der Waals surface area contributed by atoms with Crippen LogP contribution >= 0.6 is 22.2 Å². The second kappa shape index (κ2) is 4.84. The number of halogens is 2. The molecule has 0 saturated heterocycles. The summed E-state index contributed by atoms with van der Waals surface area (Å²) in [5, 5.41) is 2.47. The molecule has 0 amide bonds. The minimum absolute atomic E-state index is 1.17. The first-order valence-electron chi connectivity index (χ1n) is 4.71. The molecule has 0 N–H and O–H groups in total. The highest BCUT2D eigenvalue weighted by atomic mass is 35.7. The van der Waals surface area contributed by atoms with Gasteiger partial charge in [0.05, 0.1) is 0 Å². The topological polar surface area (TPSA) is 0 Å². The summed E-state index contributed by atoms with van der Waals surface area (Å²) in [6.07, 6.45) is 2.01. The van der Waals surface area contributed by atoms with Crippen molar-refractivity contribution in [2.45, 2.75) is 0 Å². The summed E-state index contributed by atoms with van der Waals surface area (Å²) in [6.45, 7) is 0. The molecule has 2 aromatic rings. The normalized spacial score (nSPS) is 11.7. The van der Waals surface area contributed by atoms with Crippen molar-refractivity contribution in [2.24, 2.45) is 0 Å². The highest BCUT2D eigenvalue weighted by molar-refractivity contribution is 7.36. The smallest absolute Gasteiger partial charge is 0.145 e. The Morgan fingerprint density at radius 2 is 1.67 bits per heavy atom. The van der Waals surface area contributed by atoms with Gasteiger partial charge in [-0.05, 0) is 16.3 Å². The van der Waals surface area contributed by atoms with Gasteiger partial charge in [0.2, 0.25) is 0 Å². The molecule has 0 nitrogen and oxygen atoms in total. The summed E-state index contributed by atoms with van der Waals surface area (Å²) in [5.74, 6) is 0. The van der Waals surface area contributed by atoms with Crippen molar-refractivity contribution >= 4 is 46.4 Å². The second-order valence-electron chi connectivity index (χ2n) is 3.26. The van der Waals surface area contributed by atoms with Crippen LogP contribution in [-0.2, 0) is 0 Å². The molecule has 0 aliphatic heterocycles. The summed E-state index contributed by atoms with van der Waals surface area (Å²) in [7, 11) is -1.66. The van der Waals surface area contributed by atoms with E-state index in [9.17, 15) is 0 Å². The van der Waals surface area contributed by atoms with Gasteiger partial charge in [-0.3, -0.25) is 0 Å². The van der Waals surface area contributed by atoms with Gasteiger partial charge in [0, 0.05) is 0 Å². The van der Waals surface area contributed by atoms with E-state index in [1.165, 1.54) is 16.3 Å². The Morgan fingerprint density at radius 3 is 2.47 bits per heavy atom. The Morgan fingerprint density at radius 1 is 0.933 bits per heavy atom. The highest BCUT2D eigenvalue weighted by Crippen LogP contribution is 2.19. The monoisotopic (exact) mass is 252 g/mol. The lowest BCUT2D eigenvalue weighted by Crippen LogP contribution is -1.84. The molecular formula is C12H10Cl2Si. The molecular weight excluding hydrogens is 243 g/mol. The molecule has 0 spiro atoms. The Labute approximate surface area is 100 Å². The zero-order valence-corrected chi connectivity index (χ0v) is 10.7. The highest BCUT2D eigenvalue weighted by Gasteiger charge is 1.98. The number of benzene rings is 2. The largest absolute Gasteiger partial charge is 0.259 e. The maximum atomic E-state index is 5.80. The van der Waals surface area contributed by atoms with Crippen molar-refractivity contribution < 1.29 is 0 Å². The summed E-state index contributed by atoms with van der Waals surface area (Å²) in [4.78, 5) is 0. The maximum Gasteiger partial charge on any atom is 0.259 e. The van der Waals surface area contributed by atoms with Gasteiger partial charge in [-0.2, -0.15) is 0 Å². The van der Waals surface area contributed by atoms with E-state index in [0.717, 1.165) is 0 Å². The fraction of sp³-hybridized carbons (Fsp3) is 0. The van der Waals surface area contributed by atoms with E-state index < -0.39 is 7.42 Å². The van der Waals surface area contributed by atoms with Gasteiger partial charge in [-0.1, -0.05) is 54.2 Å². The van der Waals surface area contributed by atoms with E-state index in [1.807, 2.05) is 30.0 Å². The van der Waals surface area contributed by atoms with E-state index in [4.69, 9.17) is 22.2 Å². The van der Waals surface area contributed by atoms with Crippen LogP contribution in [0.4, 0.5) is 0 Å². The molecule has 0 radical (unpaired) electrons. The van der Waals surface area contributed by atoms with Gasteiger partial charge in [0.15, 0.2) is 0 Å². The van der Waals surface area contributed by atoms with Crippen molar-refractivity contribution in [1.82, 2.24) is 0 Å². The molecule has 2 rings (SSSR count). The summed E-state index contributed by atoms with van der Waals surface area (Å²) in [6, 6.07) is 14.5. The van der Waals surface area contributed by atoms with Crippen LogP contribution in [0.1, 0.15) is 5.56 Å². The molecule has 0 unspecified atom stereocenters. The first-order chi connectivity index (χ1) is 7.27. The van der Waals surface area contributed by atoms with E-state index in [2.05, 4.69) is 24.3 Å². The molecule has 2 aromatic carbocycles. The SMILES string of the molecule is Cl[SiH](Cl)C=Cc1cccc2ccccc12. The predicted molar refractivity (Wildman–Crippen MR) is 71.8 cm³/mol. The third kappa shape index (κ3) is 2.62. The van der Waals surface area contributed by atoms with Crippen molar-refractivity contribution in [2.75, 3.05) is 0 Å². The minimum Gasteiger partial charge on any atom is -0.145 e. The summed E-state index contributed by atoms with van der Waals surface area (Å²) in [5.41, 5.74) is 3.08. The van der Waals surface area contributed by atoms with E-state index in [1.54, 1.807) is 0 Å². The van der Waals surface area contributed by atoms with Gasteiger partial charge in [0.25, 0.3) is 7.42 Å². The lowest BCUT2D eigenvalue weighted by atomic mass is 10.1. The van der Waals surface area contributed by atoms with Crippen LogP contribution in [0, 0.1) is 0 Å². The van der Waals surface area contributed by atoms with Gasteiger partial charge >= 0.3 is 0 Å². The average Bonchev–Trinajstić information content (AvgIpc) is 2.26. The molecule has 0 fully saturated rings. The number of rotatable bonds is 2. The Hall–Kier alpha value is -0.763. The van der Waals surface area contributed by atoms with Crippen molar-refractivity contribution in [3.63, 3.8) is 0 Å². The molecule has 76 valence electrons. The number of hydrogen-bond acceptors (Lipinski definition) is 0. The van der Waals surface area contributed by atoms with E-state index in [0.29, 0.717) is 0 Å². The van der Waals surface area contributed by atoms with Crippen molar-refractivity contribution in [3.05, 3.63) is 53.7 Å². The van der Waals surface area contributed by atoms with E-state index >= 15 is 0 Å². The van der Waals surface area contributed by atoms with E-state index in [-0.39, 0.29) is 0 Å². The van der Waals surface area contributed by atoms with Crippen molar-refractivity contribution in [3.8, 4) is 0 Å². The third-order valence-electron chi connectivity index (χ3n) is 2.24. The third-order valence-corrected chi connectivity index (χ3v) is 3.60.